The molecule has 1 aromatic rings. The summed E-state index contributed by atoms with van der Waals surface area (Å²) in [4.78, 5) is 12.3. The third kappa shape index (κ3) is 2.86. The third-order valence-electron chi connectivity index (χ3n) is 2.11. The minimum atomic E-state index is -0.501. The van der Waals surface area contributed by atoms with Gasteiger partial charge < -0.3 is 9.64 Å². The molecule has 0 aromatic heterocycles. The van der Waals surface area contributed by atoms with Gasteiger partial charge in [0, 0.05) is 12.7 Å². The topological polar surface area (TPSA) is 29.5 Å². The van der Waals surface area contributed by atoms with Crippen molar-refractivity contribution >= 4 is 22.7 Å². The zero-order chi connectivity index (χ0) is 11.4. The van der Waals surface area contributed by atoms with Gasteiger partial charge in [-0.1, -0.05) is 0 Å². The lowest BCUT2D eigenvalue weighted by Crippen LogP contribution is -2.19. The number of nitrogens with zero attached hydrogens (tertiary/aromatic N) is 1. The first-order valence-electron chi connectivity index (χ1n) is 4.73. The van der Waals surface area contributed by atoms with Crippen LogP contribution in [0.3, 0.4) is 0 Å². The zero-order valence-corrected chi connectivity index (χ0v) is 9.84. The van der Waals surface area contributed by atoms with Gasteiger partial charge in [-0.15, -0.1) is 0 Å². The van der Waals surface area contributed by atoms with E-state index in [4.69, 9.17) is 16.3 Å². The average Bonchev–Trinajstić information content (AvgIpc) is 2.20. The molecule has 1 rings (SSSR count). The van der Waals surface area contributed by atoms with E-state index in [1.54, 1.807) is 13.1 Å². The highest BCUT2D eigenvalue weighted by atomic mass is 35.5. The van der Waals surface area contributed by atoms with Crippen molar-refractivity contribution in [2.24, 2.45) is 0 Å². The predicted molar refractivity (Wildman–Crippen MR) is 62.0 cm³/mol. The van der Waals surface area contributed by atoms with E-state index in [1.165, 1.54) is 4.90 Å². The van der Waals surface area contributed by atoms with E-state index >= 15 is 0 Å². The van der Waals surface area contributed by atoms with Crippen LogP contribution < -0.4 is 9.64 Å². The first kappa shape index (κ1) is 11.9. The quantitative estimate of drug-likeness (QED) is 0.586. The Morgan fingerprint density at radius 2 is 2.20 bits per heavy atom. The number of carbonyl (C=O) groups is 1. The molecule has 4 heteroatoms. The monoisotopic (exact) mass is 227 g/mol. The fourth-order valence-corrected chi connectivity index (χ4v) is 1.36. The molecule has 0 aliphatic heterocycles. The number of aryl methyl sites for hydroxylation is 1. The maximum Gasteiger partial charge on any atom is 0.320 e. The summed E-state index contributed by atoms with van der Waals surface area (Å²) in [6.07, 6.45) is 0. The van der Waals surface area contributed by atoms with Crippen molar-refractivity contribution in [1.82, 2.24) is 0 Å². The van der Waals surface area contributed by atoms with Gasteiger partial charge >= 0.3 is 5.37 Å². The molecule has 0 aliphatic rings. The highest BCUT2D eigenvalue weighted by Crippen LogP contribution is 2.24. The van der Waals surface area contributed by atoms with Gasteiger partial charge in [-0.3, -0.25) is 4.79 Å². The predicted octanol–water partition coefficient (Wildman–Crippen LogP) is 3.19. The third-order valence-corrected chi connectivity index (χ3v) is 2.36. The molecule has 0 heterocycles. The number of carbonyl (C=O) groups excluding carboxylic acids is 1. The summed E-state index contributed by atoms with van der Waals surface area (Å²) in [5.74, 6) is 0.830. The van der Waals surface area contributed by atoms with Crippen LogP contribution in [0, 0.1) is 6.92 Å². The van der Waals surface area contributed by atoms with E-state index in [0.29, 0.717) is 6.61 Å². The summed E-state index contributed by atoms with van der Waals surface area (Å²) in [7, 11) is 1.63. The highest BCUT2D eigenvalue weighted by Gasteiger charge is 2.09. The van der Waals surface area contributed by atoms with Crippen molar-refractivity contribution in [1.29, 1.82) is 0 Å². The normalized spacial score (nSPS) is 9.87. The van der Waals surface area contributed by atoms with Crippen LogP contribution in [0.2, 0.25) is 0 Å². The second kappa shape index (κ2) is 5.03. The Kier molecular flexibility index (Phi) is 3.97. The fraction of sp³-hybridized carbons (Fsp3) is 0.364. The van der Waals surface area contributed by atoms with Crippen molar-refractivity contribution in [3.8, 4) is 5.75 Å². The molecular weight excluding hydrogens is 214 g/mol. The molecule has 1 aromatic carbocycles. The highest BCUT2D eigenvalue weighted by molar-refractivity contribution is 6.66. The first-order chi connectivity index (χ1) is 7.06. The van der Waals surface area contributed by atoms with Crippen LogP contribution in [0.15, 0.2) is 18.2 Å². The second-order valence-corrected chi connectivity index (χ2v) is 3.52. The summed E-state index contributed by atoms with van der Waals surface area (Å²) in [5.41, 5.74) is 1.75. The molecule has 15 heavy (non-hydrogen) atoms. The maximum absolute atomic E-state index is 10.9. The lowest BCUT2D eigenvalue weighted by Gasteiger charge is -2.15. The molecule has 0 fully saturated rings. The number of ether oxygens (including phenoxy) is 1. The largest absolute Gasteiger partial charge is 0.494 e. The Hall–Kier alpha value is -1.22. The van der Waals surface area contributed by atoms with Crippen LogP contribution in [-0.2, 0) is 0 Å². The summed E-state index contributed by atoms with van der Waals surface area (Å²) in [6, 6.07) is 5.51. The zero-order valence-electron chi connectivity index (χ0n) is 9.08. The van der Waals surface area contributed by atoms with Crippen LogP contribution >= 0.6 is 11.6 Å². The van der Waals surface area contributed by atoms with Gasteiger partial charge in [0.15, 0.2) is 0 Å². The Bertz CT molecular complexity index is 366. The molecular formula is C11H14ClNO2. The van der Waals surface area contributed by atoms with Gasteiger partial charge in [0.25, 0.3) is 0 Å². The molecule has 0 spiro atoms. The number of hydrogen-bond donors (Lipinski definition) is 0. The van der Waals surface area contributed by atoms with Crippen molar-refractivity contribution < 1.29 is 9.53 Å². The van der Waals surface area contributed by atoms with E-state index in [-0.39, 0.29) is 0 Å². The lowest BCUT2D eigenvalue weighted by molar-refractivity contribution is 0.265. The average molecular weight is 228 g/mol. The molecule has 0 bridgehead atoms. The molecule has 3 nitrogen and oxygen atoms in total. The molecule has 0 radical (unpaired) electrons. The molecule has 0 saturated carbocycles. The minimum Gasteiger partial charge on any atom is -0.494 e. The van der Waals surface area contributed by atoms with Crippen LogP contribution in [0.5, 0.6) is 5.75 Å². The Labute approximate surface area is 94.6 Å². The molecule has 0 N–H and O–H groups in total. The summed E-state index contributed by atoms with van der Waals surface area (Å²) < 4.78 is 5.40. The standard InChI is InChI=1S/C11H14ClNO2/c1-4-15-10-6-5-9(7-8(10)2)13(3)11(12)14/h5-7H,4H2,1-3H3. The number of amides is 1. The molecule has 0 aliphatic carbocycles. The SMILES string of the molecule is CCOc1ccc(N(C)C(=O)Cl)cc1C. The van der Waals surface area contributed by atoms with Crippen molar-refractivity contribution in [2.75, 3.05) is 18.6 Å². The number of rotatable bonds is 3. The fourth-order valence-electron chi connectivity index (χ4n) is 1.26. The second-order valence-electron chi connectivity index (χ2n) is 3.19. The number of halogens is 1. The van der Waals surface area contributed by atoms with Gasteiger partial charge in [0.05, 0.1) is 6.61 Å². The van der Waals surface area contributed by atoms with E-state index in [0.717, 1.165) is 17.0 Å². The number of anilines is 1. The maximum atomic E-state index is 10.9. The van der Waals surface area contributed by atoms with Gasteiger partial charge in [-0.05, 0) is 49.2 Å². The summed E-state index contributed by atoms with van der Waals surface area (Å²) in [6.45, 7) is 4.49. The first-order valence-corrected chi connectivity index (χ1v) is 5.10. The Morgan fingerprint density at radius 3 is 2.67 bits per heavy atom. The molecule has 1 amide bonds. The molecule has 0 unspecified atom stereocenters. The molecule has 0 saturated heterocycles. The Balaban J connectivity index is 2.95. The van der Waals surface area contributed by atoms with E-state index in [1.807, 2.05) is 26.0 Å². The molecule has 0 atom stereocenters. The number of benzene rings is 1. The van der Waals surface area contributed by atoms with Crippen LogP contribution in [-0.4, -0.2) is 19.0 Å². The van der Waals surface area contributed by atoms with E-state index in [2.05, 4.69) is 0 Å². The van der Waals surface area contributed by atoms with Gasteiger partial charge in [0.1, 0.15) is 5.75 Å². The van der Waals surface area contributed by atoms with Gasteiger partial charge in [-0.25, -0.2) is 0 Å². The molecule has 82 valence electrons. The van der Waals surface area contributed by atoms with E-state index < -0.39 is 5.37 Å². The summed E-state index contributed by atoms with van der Waals surface area (Å²) in [5, 5.41) is -0.501. The van der Waals surface area contributed by atoms with Crippen LogP contribution in [0.4, 0.5) is 10.5 Å². The van der Waals surface area contributed by atoms with Crippen molar-refractivity contribution in [3.63, 3.8) is 0 Å². The smallest absolute Gasteiger partial charge is 0.320 e. The van der Waals surface area contributed by atoms with E-state index in [9.17, 15) is 4.79 Å². The number of hydrogen-bond acceptors (Lipinski definition) is 2. The lowest BCUT2D eigenvalue weighted by atomic mass is 10.2. The van der Waals surface area contributed by atoms with Gasteiger partial charge in [0.2, 0.25) is 0 Å². The Morgan fingerprint density at radius 1 is 1.53 bits per heavy atom. The van der Waals surface area contributed by atoms with Crippen LogP contribution in [0.1, 0.15) is 12.5 Å². The summed E-state index contributed by atoms with van der Waals surface area (Å²) >= 11 is 5.37. The van der Waals surface area contributed by atoms with Crippen molar-refractivity contribution in [2.45, 2.75) is 13.8 Å². The minimum absolute atomic E-state index is 0.501. The van der Waals surface area contributed by atoms with Gasteiger partial charge in [-0.2, -0.15) is 0 Å². The van der Waals surface area contributed by atoms with Crippen LogP contribution in [0.25, 0.3) is 0 Å². The van der Waals surface area contributed by atoms with Crippen molar-refractivity contribution in [3.05, 3.63) is 23.8 Å².